The Balaban J connectivity index is 2.39. The van der Waals surface area contributed by atoms with Crippen molar-refractivity contribution in [3.63, 3.8) is 0 Å². The van der Waals surface area contributed by atoms with Gasteiger partial charge in [0.1, 0.15) is 5.76 Å². The van der Waals surface area contributed by atoms with Crippen LogP contribution in [0.5, 0.6) is 0 Å². The minimum absolute atomic E-state index is 0.208. The van der Waals surface area contributed by atoms with E-state index in [0.717, 1.165) is 16.8 Å². The van der Waals surface area contributed by atoms with Gasteiger partial charge in [-0.15, -0.1) is 0 Å². The molecule has 1 N–H and O–H groups in total. The van der Waals surface area contributed by atoms with E-state index in [-0.39, 0.29) is 6.04 Å². The first kappa shape index (κ1) is 10.8. The van der Waals surface area contributed by atoms with E-state index in [4.69, 9.17) is 9.15 Å². The van der Waals surface area contributed by atoms with Gasteiger partial charge in [-0.25, -0.2) is 0 Å². The Labute approximate surface area is 86.6 Å². The van der Waals surface area contributed by atoms with Crippen molar-refractivity contribution < 1.29 is 9.15 Å². The highest BCUT2D eigenvalue weighted by molar-refractivity contribution is 9.10. The molecule has 0 bridgehead atoms. The molecule has 3 nitrogen and oxygen atoms in total. The van der Waals surface area contributed by atoms with Crippen LogP contribution < -0.4 is 5.32 Å². The fourth-order valence-electron chi connectivity index (χ4n) is 1.08. The number of hydrogen-bond acceptors (Lipinski definition) is 3. The quantitative estimate of drug-likeness (QED) is 0.812. The van der Waals surface area contributed by atoms with E-state index in [9.17, 15) is 0 Å². The molecule has 0 saturated carbocycles. The van der Waals surface area contributed by atoms with Gasteiger partial charge in [-0.1, -0.05) is 0 Å². The van der Waals surface area contributed by atoms with Crippen molar-refractivity contribution >= 4 is 15.9 Å². The first-order valence-electron chi connectivity index (χ1n) is 4.21. The van der Waals surface area contributed by atoms with Crippen molar-refractivity contribution in [2.45, 2.75) is 13.0 Å². The molecular formula is C9H14BrNO2. The van der Waals surface area contributed by atoms with E-state index in [2.05, 4.69) is 28.2 Å². The minimum Gasteiger partial charge on any atom is -0.466 e. The number of halogens is 1. The van der Waals surface area contributed by atoms with E-state index in [1.54, 1.807) is 13.4 Å². The van der Waals surface area contributed by atoms with Crippen LogP contribution in [0.15, 0.2) is 21.2 Å². The van der Waals surface area contributed by atoms with E-state index in [0.29, 0.717) is 6.61 Å². The summed E-state index contributed by atoms with van der Waals surface area (Å²) in [5.74, 6) is 0.927. The van der Waals surface area contributed by atoms with Gasteiger partial charge in [-0.3, -0.25) is 0 Å². The molecule has 4 heteroatoms. The maximum atomic E-state index is 5.31. The lowest BCUT2D eigenvalue weighted by molar-refractivity contribution is 0.195. The van der Waals surface area contributed by atoms with Gasteiger partial charge in [-0.2, -0.15) is 0 Å². The lowest BCUT2D eigenvalue weighted by Gasteiger charge is -2.10. The number of furan rings is 1. The third-order valence-electron chi connectivity index (χ3n) is 1.79. The third kappa shape index (κ3) is 3.14. The second kappa shape index (κ2) is 5.42. The van der Waals surface area contributed by atoms with Gasteiger partial charge >= 0.3 is 0 Å². The summed E-state index contributed by atoms with van der Waals surface area (Å²) in [6.07, 6.45) is 1.67. The highest BCUT2D eigenvalue weighted by Crippen LogP contribution is 2.23. The third-order valence-corrected chi connectivity index (χ3v) is 2.45. The van der Waals surface area contributed by atoms with Crippen LogP contribution in [0, 0.1) is 0 Å². The molecule has 74 valence electrons. The van der Waals surface area contributed by atoms with Crippen LogP contribution in [0.25, 0.3) is 0 Å². The molecular weight excluding hydrogens is 234 g/mol. The maximum absolute atomic E-state index is 5.31. The van der Waals surface area contributed by atoms with E-state index in [1.807, 2.05) is 6.07 Å². The van der Waals surface area contributed by atoms with Crippen LogP contribution >= 0.6 is 15.9 Å². The molecule has 1 aromatic heterocycles. The molecule has 0 aromatic carbocycles. The van der Waals surface area contributed by atoms with Gasteiger partial charge in [0, 0.05) is 13.7 Å². The van der Waals surface area contributed by atoms with E-state index >= 15 is 0 Å². The Bertz CT molecular complexity index is 250. The SMILES string of the molecule is COCCNC(C)c1occc1Br. The Hall–Kier alpha value is -0.320. The normalized spacial score (nSPS) is 13.2. The zero-order valence-corrected chi connectivity index (χ0v) is 9.43. The number of ether oxygens (including phenoxy) is 1. The zero-order valence-electron chi connectivity index (χ0n) is 7.84. The average Bonchev–Trinajstić information content (AvgIpc) is 2.52. The van der Waals surface area contributed by atoms with E-state index in [1.165, 1.54) is 0 Å². The summed E-state index contributed by atoms with van der Waals surface area (Å²) >= 11 is 3.41. The maximum Gasteiger partial charge on any atom is 0.134 e. The number of nitrogens with one attached hydrogen (secondary N) is 1. The highest BCUT2D eigenvalue weighted by Gasteiger charge is 2.11. The Morgan fingerprint density at radius 2 is 2.46 bits per heavy atom. The van der Waals surface area contributed by atoms with Crippen molar-refractivity contribution in [1.29, 1.82) is 0 Å². The summed E-state index contributed by atoms with van der Waals surface area (Å²) in [5.41, 5.74) is 0. The lowest BCUT2D eigenvalue weighted by Crippen LogP contribution is -2.22. The van der Waals surface area contributed by atoms with Crippen molar-refractivity contribution in [2.75, 3.05) is 20.3 Å². The summed E-state index contributed by atoms with van der Waals surface area (Å²) < 4.78 is 11.2. The van der Waals surface area contributed by atoms with Crippen LogP contribution in [-0.2, 0) is 4.74 Å². The topological polar surface area (TPSA) is 34.4 Å². The molecule has 0 aliphatic rings. The van der Waals surface area contributed by atoms with Gasteiger partial charge in [0.2, 0.25) is 0 Å². The predicted octanol–water partition coefficient (Wildman–Crippen LogP) is 2.34. The molecule has 0 aliphatic carbocycles. The van der Waals surface area contributed by atoms with Crippen LogP contribution in [-0.4, -0.2) is 20.3 Å². The number of methoxy groups -OCH3 is 1. The largest absolute Gasteiger partial charge is 0.466 e. The Morgan fingerprint density at radius 1 is 1.69 bits per heavy atom. The zero-order chi connectivity index (χ0) is 9.68. The van der Waals surface area contributed by atoms with Crippen LogP contribution in [0.2, 0.25) is 0 Å². The second-order valence-corrected chi connectivity index (χ2v) is 3.66. The molecule has 0 spiro atoms. The molecule has 13 heavy (non-hydrogen) atoms. The standard InChI is InChI=1S/C9H14BrNO2/c1-7(11-4-6-12-2)9-8(10)3-5-13-9/h3,5,7,11H,4,6H2,1-2H3. The Kier molecular flexibility index (Phi) is 4.48. The van der Waals surface area contributed by atoms with Gasteiger partial charge < -0.3 is 14.5 Å². The molecule has 0 fully saturated rings. The van der Waals surface area contributed by atoms with Crippen LogP contribution in [0.1, 0.15) is 18.7 Å². The second-order valence-electron chi connectivity index (χ2n) is 2.80. The summed E-state index contributed by atoms with van der Waals surface area (Å²) in [6, 6.07) is 2.10. The summed E-state index contributed by atoms with van der Waals surface area (Å²) in [4.78, 5) is 0. The molecule has 1 aromatic rings. The van der Waals surface area contributed by atoms with Crippen molar-refractivity contribution in [3.8, 4) is 0 Å². The first-order chi connectivity index (χ1) is 6.25. The van der Waals surface area contributed by atoms with E-state index < -0.39 is 0 Å². The van der Waals surface area contributed by atoms with Gasteiger partial charge in [0.15, 0.2) is 0 Å². The van der Waals surface area contributed by atoms with Crippen molar-refractivity contribution in [2.24, 2.45) is 0 Å². The fraction of sp³-hybridized carbons (Fsp3) is 0.556. The molecule has 1 atom stereocenters. The molecule has 0 saturated heterocycles. The van der Waals surface area contributed by atoms with Crippen LogP contribution in [0.3, 0.4) is 0 Å². The fourth-order valence-corrected chi connectivity index (χ4v) is 1.63. The number of hydrogen-bond donors (Lipinski definition) is 1. The van der Waals surface area contributed by atoms with Crippen molar-refractivity contribution in [3.05, 3.63) is 22.6 Å². The van der Waals surface area contributed by atoms with Crippen molar-refractivity contribution in [1.82, 2.24) is 5.32 Å². The molecule has 1 heterocycles. The van der Waals surface area contributed by atoms with Crippen LogP contribution in [0.4, 0.5) is 0 Å². The smallest absolute Gasteiger partial charge is 0.134 e. The van der Waals surface area contributed by atoms with Gasteiger partial charge in [-0.05, 0) is 28.9 Å². The highest BCUT2D eigenvalue weighted by atomic mass is 79.9. The summed E-state index contributed by atoms with van der Waals surface area (Å²) in [7, 11) is 1.69. The molecule has 1 unspecified atom stereocenters. The summed E-state index contributed by atoms with van der Waals surface area (Å²) in [5, 5.41) is 3.28. The molecule has 0 radical (unpaired) electrons. The average molecular weight is 248 g/mol. The predicted molar refractivity (Wildman–Crippen MR) is 54.7 cm³/mol. The minimum atomic E-state index is 0.208. The summed E-state index contributed by atoms with van der Waals surface area (Å²) in [6.45, 7) is 3.59. The first-order valence-corrected chi connectivity index (χ1v) is 5.00. The van der Waals surface area contributed by atoms with Gasteiger partial charge in [0.05, 0.1) is 23.4 Å². The molecule has 0 amide bonds. The monoisotopic (exact) mass is 247 g/mol. The number of rotatable bonds is 5. The lowest BCUT2D eigenvalue weighted by atomic mass is 10.2. The molecule has 0 aliphatic heterocycles. The van der Waals surface area contributed by atoms with Gasteiger partial charge in [0.25, 0.3) is 0 Å². The molecule has 1 rings (SSSR count). The Morgan fingerprint density at radius 3 is 3.00 bits per heavy atom.